The molecular weight excluding hydrogens is 254 g/mol. The molecular formula is C16H16NOS+. The molecule has 0 aliphatic carbocycles. The van der Waals surface area contributed by atoms with Crippen LogP contribution in [-0.4, -0.2) is 23.8 Å². The van der Waals surface area contributed by atoms with Gasteiger partial charge in [-0.2, -0.15) is 0 Å². The number of hydrogen-bond acceptors (Lipinski definition) is 2. The Kier molecular flexibility index (Phi) is 3.56. The van der Waals surface area contributed by atoms with Gasteiger partial charge in [0.15, 0.2) is 18.6 Å². The first-order valence-electron chi connectivity index (χ1n) is 6.29. The molecule has 0 aromatic heterocycles. The van der Waals surface area contributed by atoms with E-state index < -0.39 is 0 Å². The van der Waals surface area contributed by atoms with Crippen LogP contribution in [0.4, 0.5) is 0 Å². The number of fused-ring (bicyclic) bond motifs is 1. The molecule has 0 radical (unpaired) electrons. The fourth-order valence-electron chi connectivity index (χ4n) is 2.18. The topological polar surface area (TPSA) is 12.2 Å². The number of methoxy groups -OCH3 is 1. The van der Waals surface area contributed by atoms with Crippen LogP contribution < -0.4 is 4.74 Å². The van der Waals surface area contributed by atoms with Gasteiger partial charge in [-0.1, -0.05) is 42.1 Å². The highest BCUT2D eigenvalue weighted by Crippen LogP contribution is 2.28. The maximum Gasteiger partial charge on any atom is 0.193 e. The fraction of sp³-hybridized carbons (Fsp3) is 0.188. The van der Waals surface area contributed by atoms with E-state index >= 15 is 0 Å². The first kappa shape index (κ1) is 12.3. The van der Waals surface area contributed by atoms with E-state index in [1.54, 1.807) is 7.11 Å². The van der Waals surface area contributed by atoms with Crippen LogP contribution in [-0.2, 0) is 6.54 Å². The SMILES string of the molecule is COc1ccc2c(c1)C=[N+](Cc1ccccc1)CS2. The molecule has 0 atom stereocenters. The second kappa shape index (κ2) is 5.49. The van der Waals surface area contributed by atoms with Crippen molar-refractivity contribution < 1.29 is 9.31 Å². The summed E-state index contributed by atoms with van der Waals surface area (Å²) >= 11 is 1.87. The number of benzene rings is 2. The van der Waals surface area contributed by atoms with Crippen molar-refractivity contribution in [2.45, 2.75) is 11.4 Å². The maximum atomic E-state index is 5.29. The lowest BCUT2D eigenvalue weighted by Crippen LogP contribution is -2.17. The summed E-state index contributed by atoms with van der Waals surface area (Å²) in [6.07, 6.45) is 2.22. The highest BCUT2D eigenvalue weighted by atomic mass is 32.2. The summed E-state index contributed by atoms with van der Waals surface area (Å²) in [5, 5.41) is 0. The van der Waals surface area contributed by atoms with Gasteiger partial charge >= 0.3 is 0 Å². The molecule has 0 unspecified atom stereocenters. The number of nitrogens with zero attached hydrogens (tertiary/aromatic N) is 1. The summed E-state index contributed by atoms with van der Waals surface area (Å²) in [6.45, 7) is 0.949. The second-order valence-corrected chi connectivity index (χ2v) is 5.53. The highest BCUT2D eigenvalue weighted by molar-refractivity contribution is 7.99. The molecule has 1 heterocycles. The molecule has 0 bridgehead atoms. The Labute approximate surface area is 117 Å². The Bertz CT molecular complexity index is 607. The van der Waals surface area contributed by atoms with Crippen LogP contribution in [0.25, 0.3) is 0 Å². The van der Waals surface area contributed by atoms with E-state index in [2.05, 4.69) is 53.3 Å². The molecule has 0 spiro atoms. The third-order valence-electron chi connectivity index (χ3n) is 3.15. The largest absolute Gasteiger partial charge is 0.497 e. The third kappa shape index (κ3) is 2.82. The standard InChI is InChI=1S/C16H16NOS/c1-18-15-7-8-16-14(9-15)11-17(12-19-16)10-13-5-3-2-4-6-13/h2-9,11H,10,12H2,1H3/q+1. The average molecular weight is 270 g/mol. The summed E-state index contributed by atoms with van der Waals surface area (Å²) in [6, 6.07) is 16.8. The second-order valence-electron chi connectivity index (χ2n) is 4.54. The van der Waals surface area contributed by atoms with Crippen LogP contribution in [0.3, 0.4) is 0 Å². The predicted octanol–water partition coefficient (Wildman–Crippen LogP) is 3.39. The van der Waals surface area contributed by atoms with Crippen LogP contribution >= 0.6 is 11.8 Å². The molecule has 2 nitrogen and oxygen atoms in total. The van der Waals surface area contributed by atoms with Gasteiger partial charge in [-0.05, 0) is 18.2 Å². The quantitative estimate of drug-likeness (QED) is 0.793. The van der Waals surface area contributed by atoms with Gasteiger partial charge in [-0.15, -0.1) is 0 Å². The van der Waals surface area contributed by atoms with Crippen molar-refractivity contribution >= 4 is 18.0 Å². The van der Waals surface area contributed by atoms with E-state index in [0.29, 0.717) is 0 Å². The average Bonchev–Trinajstić information content (AvgIpc) is 2.47. The molecule has 96 valence electrons. The molecule has 3 heteroatoms. The van der Waals surface area contributed by atoms with Crippen LogP contribution in [0, 0.1) is 0 Å². The monoisotopic (exact) mass is 270 g/mol. The van der Waals surface area contributed by atoms with E-state index in [1.807, 2.05) is 17.8 Å². The zero-order valence-corrected chi connectivity index (χ0v) is 11.7. The Morgan fingerprint density at radius 2 is 2.00 bits per heavy atom. The predicted molar refractivity (Wildman–Crippen MR) is 79.3 cm³/mol. The first-order valence-corrected chi connectivity index (χ1v) is 7.27. The van der Waals surface area contributed by atoms with Crippen molar-refractivity contribution in [3.05, 3.63) is 59.7 Å². The van der Waals surface area contributed by atoms with Gasteiger partial charge in [-0.3, -0.25) is 0 Å². The molecule has 0 N–H and O–H groups in total. The number of ether oxygens (including phenoxy) is 1. The summed E-state index contributed by atoms with van der Waals surface area (Å²) in [7, 11) is 1.71. The van der Waals surface area contributed by atoms with Crippen molar-refractivity contribution in [3.63, 3.8) is 0 Å². The molecule has 19 heavy (non-hydrogen) atoms. The number of hydrogen-bond donors (Lipinski definition) is 0. The van der Waals surface area contributed by atoms with Crippen LogP contribution in [0.2, 0.25) is 0 Å². The van der Waals surface area contributed by atoms with Crippen LogP contribution in [0.5, 0.6) is 5.75 Å². The van der Waals surface area contributed by atoms with E-state index in [9.17, 15) is 0 Å². The van der Waals surface area contributed by atoms with Gasteiger partial charge in [-0.25, -0.2) is 4.58 Å². The summed E-state index contributed by atoms with van der Waals surface area (Å²) in [5.41, 5.74) is 2.58. The van der Waals surface area contributed by atoms with Gasteiger partial charge in [0.2, 0.25) is 0 Å². The molecule has 0 saturated carbocycles. The maximum absolute atomic E-state index is 5.29. The van der Waals surface area contributed by atoms with Gasteiger partial charge in [0.25, 0.3) is 0 Å². The molecule has 0 amide bonds. The molecule has 1 aliphatic rings. The van der Waals surface area contributed by atoms with Crippen molar-refractivity contribution in [2.75, 3.05) is 13.0 Å². The Balaban J connectivity index is 1.86. The number of rotatable bonds is 3. The zero-order chi connectivity index (χ0) is 13.1. The van der Waals surface area contributed by atoms with E-state index in [1.165, 1.54) is 16.0 Å². The Morgan fingerprint density at radius 1 is 1.16 bits per heavy atom. The highest BCUT2D eigenvalue weighted by Gasteiger charge is 2.17. The number of thioether (sulfide) groups is 1. The summed E-state index contributed by atoms with van der Waals surface area (Å²) in [5.74, 6) is 1.91. The first-order chi connectivity index (χ1) is 9.35. The lowest BCUT2D eigenvalue weighted by Gasteiger charge is -2.12. The Morgan fingerprint density at radius 3 is 2.79 bits per heavy atom. The molecule has 2 aromatic carbocycles. The third-order valence-corrected chi connectivity index (χ3v) is 4.30. The smallest absolute Gasteiger partial charge is 0.193 e. The molecule has 1 aliphatic heterocycles. The molecule has 0 fully saturated rings. The Hall–Kier alpha value is -1.74. The zero-order valence-electron chi connectivity index (χ0n) is 10.9. The van der Waals surface area contributed by atoms with Crippen molar-refractivity contribution in [1.82, 2.24) is 0 Å². The van der Waals surface area contributed by atoms with Gasteiger partial charge in [0.1, 0.15) is 5.75 Å². The molecule has 3 rings (SSSR count). The minimum atomic E-state index is 0.914. The normalized spacial score (nSPS) is 13.6. The summed E-state index contributed by atoms with van der Waals surface area (Å²) < 4.78 is 7.62. The fourth-order valence-corrected chi connectivity index (χ4v) is 3.09. The lowest BCUT2D eigenvalue weighted by atomic mass is 10.2. The van der Waals surface area contributed by atoms with Gasteiger partial charge < -0.3 is 4.74 Å². The van der Waals surface area contributed by atoms with E-state index in [4.69, 9.17) is 4.74 Å². The minimum Gasteiger partial charge on any atom is -0.497 e. The van der Waals surface area contributed by atoms with Crippen molar-refractivity contribution in [2.24, 2.45) is 0 Å². The molecule has 0 saturated heterocycles. The minimum absolute atomic E-state index is 0.914. The molecule has 2 aromatic rings. The van der Waals surface area contributed by atoms with Crippen LogP contribution in [0.15, 0.2) is 53.4 Å². The van der Waals surface area contributed by atoms with E-state index in [-0.39, 0.29) is 0 Å². The van der Waals surface area contributed by atoms with E-state index in [0.717, 1.165) is 18.2 Å². The van der Waals surface area contributed by atoms with Crippen LogP contribution in [0.1, 0.15) is 11.1 Å². The summed E-state index contributed by atoms with van der Waals surface area (Å²) in [4.78, 5) is 1.32. The van der Waals surface area contributed by atoms with Crippen molar-refractivity contribution in [3.8, 4) is 5.75 Å². The van der Waals surface area contributed by atoms with Gasteiger partial charge in [0, 0.05) is 10.5 Å². The van der Waals surface area contributed by atoms with Crippen molar-refractivity contribution in [1.29, 1.82) is 0 Å². The van der Waals surface area contributed by atoms with Gasteiger partial charge in [0.05, 0.1) is 12.7 Å². The lowest BCUT2D eigenvalue weighted by molar-refractivity contribution is -0.519.